The van der Waals surface area contributed by atoms with Crippen LogP contribution in [0.3, 0.4) is 0 Å². The Bertz CT molecular complexity index is 3550. The van der Waals surface area contributed by atoms with Gasteiger partial charge >= 0.3 is 0 Å². The molecule has 0 amide bonds. The van der Waals surface area contributed by atoms with Gasteiger partial charge in [-0.15, -0.1) is 0 Å². The third-order valence-electron chi connectivity index (χ3n) is 12.4. The Hall–Kier alpha value is -8.40. The minimum atomic E-state index is 0.896. The molecule has 3 nitrogen and oxygen atoms in total. The van der Waals surface area contributed by atoms with E-state index in [9.17, 15) is 0 Å². The van der Waals surface area contributed by atoms with E-state index < -0.39 is 0 Å². The van der Waals surface area contributed by atoms with E-state index in [1.54, 1.807) is 0 Å². The fourth-order valence-corrected chi connectivity index (χ4v) is 9.41. The number of anilines is 3. The molecule has 12 rings (SSSR count). The number of para-hydroxylation sites is 5. The summed E-state index contributed by atoms with van der Waals surface area (Å²) in [5.74, 6) is 0. The van der Waals surface area contributed by atoms with E-state index in [1.807, 2.05) is 12.1 Å². The van der Waals surface area contributed by atoms with Crippen molar-refractivity contribution in [3.05, 3.63) is 243 Å². The Balaban J connectivity index is 0.958. The maximum atomic E-state index is 6.52. The molecule has 0 saturated heterocycles. The Labute approximate surface area is 366 Å². The molecule has 0 N–H and O–H groups in total. The van der Waals surface area contributed by atoms with Gasteiger partial charge in [0.05, 0.1) is 16.7 Å². The van der Waals surface area contributed by atoms with Gasteiger partial charge in [0.15, 0.2) is 0 Å². The molecule has 63 heavy (non-hydrogen) atoms. The van der Waals surface area contributed by atoms with Crippen LogP contribution in [0.1, 0.15) is 0 Å². The quantitative estimate of drug-likeness (QED) is 0.153. The van der Waals surface area contributed by atoms with Crippen molar-refractivity contribution in [1.29, 1.82) is 0 Å². The fraction of sp³-hybridized carbons (Fsp3) is 0. The topological polar surface area (TPSA) is 21.3 Å². The van der Waals surface area contributed by atoms with Gasteiger partial charge in [-0.25, -0.2) is 0 Å². The summed E-state index contributed by atoms with van der Waals surface area (Å²) in [5, 5.41) is 4.75. The van der Waals surface area contributed by atoms with Crippen LogP contribution in [0.4, 0.5) is 17.1 Å². The van der Waals surface area contributed by atoms with Crippen LogP contribution in [0.5, 0.6) is 0 Å². The summed E-state index contributed by atoms with van der Waals surface area (Å²) in [6.45, 7) is 0. The van der Waals surface area contributed by atoms with Crippen molar-refractivity contribution in [2.24, 2.45) is 0 Å². The molecule has 0 bridgehead atoms. The summed E-state index contributed by atoms with van der Waals surface area (Å²) < 4.78 is 8.93. The van der Waals surface area contributed by atoms with Gasteiger partial charge in [-0.2, -0.15) is 0 Å². The molecule has 0 aliphatic rings. The molecule has 12 aromatic rings. The zero-order valence-electron chi connectivity index (χ0n) is 34.4. The molecule has 0 saturated carbocycles. The molecule has 0 radical (unpaired) electrons. The highest BCUT2D eigenvalue weighted by Crippen LogP contribution is 2.42. The van der Waals surface area contributed by atoms with Gasteiger partial charge in [0.2, 0.25) is 0 Å². The number of aromatic nitrogens is 1. The Morgan fingerprint density at radius 1 is 0.302 bits per heavy atom. The number of hydrogen-bond acceptors (Lipinski definition) is 2. The third-order valence-corrected chi connectivity index (χ3v) is 12.4. The molecule has 2 aromatic heterocycles. The van der Waals surface area contributed by atoms with E-state index in [4.69, 9.17) is 4.42 Å². The van der Waals surface area contributed by atoms with Crippen LogP contribution in [0, 0.1) is 0 Å². The van der Waals surface area contributed by atoms with Crippen LogP contribution in [0.2, 0.25) is 0 Å². The Morgan fingerprint density at radius 2 is 0.778 bits per heavy atom. The zero-order valence-corrected chi connectivity index (χ0v) is 34.4. The maximum absolute atomic E-state index is 6.52. The van der Waals surface area contributed by atoms with E-state index in [0.29, 0.717) is 0 Å². The van der Waals surface area contributed by atoms with E-state index in [1.165, 1.54) is 49.6 Å². The largest absolute Gasteiger partial charge is 0.455 e. The van der Waals surface area contributed by atoms with Crippen LogP contribution < -0.4 is 4.90 Å². The fourth-order valence-electron chi connectivity index (χ4n) is 9.41. The van der Waals surface area contributed by atoms with Crippen LogP contribution in [0.25, 0.3) is 93.9 Å². The molecule has 296 valence electrons. The molecule has 0 fully saturated rings. The predicted molar refractivity (Wildman–Crippen MR) is 264 cm³/mol. The Kier molecular flexibility index (Phi) is 8.83. The molecule has 0 spiro atoms. The highest BCUT2D eigenvalue weighted by Gasteiger charge is 2.19. The lowest BCUT2D eigenvalue weighted by Crippen LogP contribution is -2.10. The molecule has 0 atom stereocenters. The highest BCUT2D eigenvalue weighted by atomic mass is 16.3. The number of fused-ring (bicyclic) bond motifs is 6. The first-order chi connectivity index (χ1) is 31.2. The predicted octanol–water partition coefficient (Wildman–Crippen LogP) is 16.8. The number of benzene rings is 10. The molecule has 0 aliphatic heterocycles. The second-order valence-electron chi connectivity index (χ2n) is 16.1. The monoisotopic (exact) mass is 804 g/mol. The number of rotatable bonds is 8. The lowest BCUT2D eigenvalue weighted by atomic mass is 9.99. The number of nitrogens with zero attached hydrogens (tertiary/aromatic N) is 2. The maximum Gasteiger partial charge on any atom is 0.143 e. The van der Waals surface area contributed by atoms with Crippen LogP contribution in [0.15, 0.2) is 247 Å². The van der Waals surface area contributed by atoms with Crippen LogP contribution in [-0.4, -0.2) is 4.57 Å². The van der Waals surface area contributed by atoms with Crippen molar-refractivity contribution in [3.63, 3.8) is 0 Å². The second kappa shape index (κ2) is 15.3. The van der Waals surface area contributed by atoms with Gasteiger partial charge in [0.25, 0.3) is 0 Å². The number of hydrogen-bond donors (Lipinski definition) is 0. The average Bonchev–Trinajstić information content (AvgIpc) is 3.91. The lowest BCUT2D eigenvalue weighted by Gasteiger charge is -2.26. The smallest absolute Gasteiger partial charge is 0.143 e. The highest BCUT2D eigenvalue weighted by molar-refractivity contribution is 6.11. The van der Waals surface area contributed by atoms with E-state index in [0.717, 1.165) is 61.4 Å². The van der Waals surface area contributed by atoms with Crippen molar-refractivity contribution in [3.8, 4) is 50.2 Å². The summed E-state index contributed by atoms with van der Waals surface area (Å²) in [7, 11) is 0. The first-order valence-corrected chi connectivity index (χ1v) is 21.5. The molecule has 0 unspecified atom stereocenters. The first kappa shape index (κ1) is 36.5. The van der Waals surface area contributed by atoms with Crippen LogP contribution in [-0.2, 0) is 0 Å². The molecule has 3 heteroatoms. The van der Waals surface area contributed by atoms with E-state index in [2.05, 4.69) is 240 Å². The SMILES string of the molecule is c1ccc(-c2ccc(-c3ccc(N(c4ccc(-c5ccccc5-n5c6ccccc6c6ccccc65)cc4)c4cccc(-c5cccc6c5oc5ccccc56)c4)cc3)cc2)cc1. The molecular weight excluding hydrogens is 765 g/mol. The minimum absolute atomic E-state index is 0.896. The summed E-state index contributed by atoms with van der Waals surface area (Å²) in [6, 6.07) is 87.0. The summed E-state index contributed by atoms with van der Waals surface area (Å²) >= 11 is 0. The minimum Gasteiger partial charge on any atom is -0.455 e. The van der Waals surface area contributed by atoms with Crippen molar-refractivity contribution >= 4 is 60.8 Å². The zero-order chi connectivity index (χ0) is 41.7. The Morgan fingerprint density at radius 3 is 1.46 bits per heavy atom. The van der Waals surface area contributed by atoms with Crippen LogP contribution >= 0.6 is 0 Å². The van der Waals surface area contributed by atoms with E-state index >= 15 is 0 Å². The van der Waals surface area contributed by atoms with E-state index in [-0.39, 0.29) is 0 Å². The molecular formula is C60H40N2O. The van der Waals surface area contributed by atoms with Gasteiger partial charge in [-0.1, -0.05) is 182 Å². The summed E-state index contributed by atoms with van der Waals surface area (Å²) in [4.78, 5) is 2.35. The molecule has 10 aromatic carbocycles. The van der Waals surface area contributed by atoms with Crippen molar-refractivity contribution in [1.82, 2.24) is 4.57 Å². The first-order valence-electron chi connectivity index (χ1n) is 21.5. The van der Waals surface area contributed by atoms with Gasteiger partial charge in [-0.3, -0.25) is 0 Å². The lowest BCUT2D eigenvalue weighted by molar-refractivity contribution is 0.670. The molecule has 2 heterocycles. The third kappa shape index (κ3) is 6.38. The summed E-state index contributed by atoms with van der Waals surface area (Å²) in [5.41, 5.74) is 17.8. The van der Waals surface area contributed by atoms with Gasteiger partial charge in [-0.05, 0) is 94.0 Å². The molecule has 0 aliphatic carbocycles. The average molecular weight is 805 g/mol. The van der Waals surface area contributed by atoms with Crippen molar-refractivity contribution in [2.45, 2.75) is 0 Å². The van der Waals surface area contributed by atoms with Crippen molar-refractivity contribution in [2.75, 3.05) is 4.90 Å². The number of furan rings is 1. The second-order valence-corrected chi connectivity index (χ2v) is 16.1. The standard InChI is InChI=1S/C60H40N2O/c1-2-14-41(15-3-1)42-28-30-43(31-29-42)44-32-36-47(37-33-44)61(49-17-12-16-46(40-49)51-22-13-23-55-54-21-7-11-27-59(54)63-60(51)55)48-38-34-45(35-39-48)50-18-4-8-24-56(50)62-57-25-9-5-19-52(57)53-20-6-10-26-58(53)62/h1-40H. The normalized spacial score (nSPS) is 11.5. The van der Waals surface area contributed by atoms with Crippen molar-refractivity contribution < 1.29 is 4.42 Å². The van der Waals surface area contributed by atoms with Gasteiger partial charge < -0.3 is 13.9 Å². The summed E-state index contributed by atoms with van der Waals surface area (Å²) in [6.07, 6.45) is 0. The van der Waals surface area contributed by atoms with Gasteiger partial charge in [0, 0.05) is 49.7 Å². The van der Waals surface area contributed by atoms with Gasteiger partial charge in [0.1, 0.15) is 11.2 Å².